The van der Waals surface area contributed by atoms with Gasteiger partial charge in [0.1, 0.15) is 11.6 Å². The fourth-order valence-electron chi connectivity index (χ4n) is 1.94. The summed E-state index contributed by atoms with van der Waals surface area (Å²) in [5.41, 5.74) is 9.00. The second kappa shape index (κ2) is 6.61. The normalized spacial score (nSPS) is 10.6. The molecule has 4 nitrogen and oxygen atoms in total. The first-order valence-electron chi connectivity index (χ1n) is 6.48. The number of thioether (sulfide) groups is 1. The number of nitrogens with two attached hydrogens (primary N) is 1. The van der Waals surface area contributed by atoms with Crippen molar-refractivity contribution in [3.05, 3.63) is 41.1 Å². The molecular formula is C15H19N3OS. The van der Waals surface area contributed by atoms with Gasteiger partial charge in [0.2, 0.25) is 0 Å². The van der Waals surface area contributed by atoms with E-state index in [1.165, 1.54) is 11.1 Å². The number of hydrogen-bond donors (Lipinski definition) is 1. The lowest BCUT2D eigenvalue weighted by Crippen LogP contribution is -2.02. The van der Waals surface area contributed by atoms with Crippen molar-refractivity contribution in [3.63, 3.8) is 0 Å². The van der Waals surface area contributed by atoms with Crippen LogP contribution in [0.1, 0.15) is 16.8 Å². The lowest BCUT2D eigenvalue weighted by molar-refractivity contribution is 0.343. The van der Waals surface area contributed by atoms with Gasteiger partial charge in [-0.25, -0.2) is 9.97 Å². The molecule has 0 spiro atoms. The van der Waals surface area contributed by atoms with Gasteiger partial charge in [0, 0.05) is 17.5 Å². The molecule has 1 aromatic heterocycles. The van der Waals surface area contributed by atoms with Gasteiger partial charge < -0.3 is 10.5 Å². The maximum Gasteiger partial charge on any atom is 0.189 e. The number of nitrogen functional groups attached to an aromatic ring is 1. The number of ether oxygens (including phenoxy) is 1. The zero-order valence-corrected chi connectivity index (χ0v) is 12.8. The zero-order valence-electron chi connectivity index (χ0n) is 12.0. The minimum atomic E-state index is 0.509. The molecule has 0 amide bonds. The average molecular weight is 289 g/mol. The van der Waals surface area contributed by atoms with Crippen molar-refractivity contribution in [2.45, 2.75) is 25.9 Å². The van der Waals surface area contributed by atoms with Crippen LogP contribution in [0.15, 0.2) is 29.4 Å². The van der Waals surface area contributed by atoms with E-state index in [1.807, 2.05) is 19.1 Å². The first kappa shape index (κ1) is 14.7. The van der Waals surface area contributed by atoms with Gasteiger partial charge in [0.15, 0.2) is 5.16 Å². The maximum absolute atomic E-state index is 5.74. The smallest absolute Gasteiger partial charge is 0.189 e. The molecule has 0 radical (unpaired) electrons. The van der Waals surface area contributed by atoms with E-state index in [9.17, 15) is 0 Å². The van der Waals surface area contributed by atoms with E-state index in [0.717, 1.165) is 17.2 Å². The van der Waals surface area contributed by atoms with E-state index in [2.05, 4.69) is 29.9 Å². The van der Waals surface area contributed by atoms with Crippen LogP contribution >= 0.6 is 11.8 Å². The third kappa shape index (κ3) is 4.42. The van der Waals surface area contributed by atoms with Gasteiger partial charge in [-0.1, -0.05) is 17.8 Å². The van der Waals surface area contributed by atoms with Crippen molar-refractivity contribution in [2.75, 3.05) is 18.1 Å². The highest BCUT2D eigenvalue weighted by molar-refractivity contribution is 7.99. The summed E-state index contributed by atoms with van der Waals surface area (Å²) < 4.78 is 5.74. The van der Waals surface area contributed by atoms with Crippen LogP contribution < -0.4 is 10.5 Å². The fraction of sp³-hybridized carbons (Fsp3) is 0.333. The second-order valence-electron chi connectivity index (χ2n) is 4.74. The molecule has 2 aromatic rings. The molecular weight excluding hydrogens is 270 g/mol. The van der Waals surface area contributed by atoms with Crippen LogP contribution in [0.4, 0.5) is 5.82 Å². The van der Waals surface area contributed by atoms with Crippen molar-refractivity contribution >= 4 is 17.6 Å². The molecule has 20 heavy (non-hydrogen) atoms. The van der Waals surface area contributed by atoms with Crippen LogP contribution in [0.2, 0.25) is 0 Å². The van der Waals surface area contributed by atoms with Gasteiger partial charge in [-0.15, -0.1) is 0 Å². The standard InChI is InChI=1S/C15H19N3OS/c1-10-6-11(2)8-13(7-10)19-4-5-20-15-17-12(3)9-14(16)18-15/h6-9H,4-5H2,1-3H3,(H2,16,17,18). The number of anilines is 1. The highest BCUT2D eigenvalue weighted by atomic mass is 32.2. The molecule has 0 saturated carbocycles. The summed E-state index contributed by atoms with van der Waals surface area (Å²) in [5.74, 6) is 2.21. The summed E-state index contributed by atoms with van der Waals surface area (Å²) in [7, 11) is 0. The maximum atomic E-state index is 5.74. The number of nitrogens with zero attached hydrogens (tertiary/aromatic N) is 2. The van der Waals surface area contributed by atoms with E-state index < -0.39 is 0 Å². The van der Waals surface area contributed by atoms with Crippen LogP contribution in [-0.2, 0) is 0 Å². The van der Waals surface area contributed by atoms with Crippen LogP contribution in [-0.4, -0.2) is 22.3 Å². The number of aromatic nitrogens is 2. The molecule has 2 N–H and O–H groups in total. The molecule has 0 unspecified atom stereocenters. The van der Waals surface area contributed by atoms with E-state index >= 15 is 0 Å². The Morgan fingerprint density at radius 3 is 2.40 bits per heavy atom. The summed E-state index contributed by atoms with van der Waals surface area (Å²) >= 11 is 1.55. The highest BCUT2D eigenvalue weighted by Crippen LogP contribution is 2.18. The molecule has 1 aromatic carbocycles. The predicted octanol–water partition coefficient (Wildman–Crippen LogP) is 3.16. The number of aryl methyl sites for hydroxylation is 3. The summed E-state index contributed by atoms with van der Waals surface area (Å²) in [5, 5.41) is 0.700. The summed E-state index contributed by atoms with van der Waals surface area (Å²) in [4.78, 5) is 8.50. The molecule has 5 heteroatoms. The molecule has 0 aliphatic rings. The number of hydrogen-bond acceptors (Lipinski definition) is 5. The van der Waals surface area contributed by atoms with Gasteiger partial charge in [-0.3, -0.25) is 0 Å². The molecule has 0 aliphatic heterocycles. The van der Waals surface area contributed by atoms with Crippen LogP contribution in [0.25, 0.3) is 0 Å². The van der Waals surface area contributed by atoms with Gasteiger partial charge in [-0.2, -0.15) is 0 Å². The Balaban J connectivity index is 1.84. The van der Waals surface area contributed by atoms with E-state index in [0.29, 0.717) is 17.6 Å². The van der Waals surface area contributed by atoms with E-state index in [4.69, 9.17) is 10.5 Å². The third-order valence-electron chi connectivity index (χ3n) is 2.63. The Labute approximate surface area is 123 Å². The van der Waals surface area contributed by atoms with Crippen molar-refractivity contribution in [1.29, 1.82) is 0 Å². The molecule has 1 heterocycles. The van der Waals surface area contributed by atoms with Crippen molar-refractivity contribution in [3.8, 4) is 5.75 Å². The number of benzene rings is 1. The van der Waals surface area contributed by atoms with Crippen LogP contribution in [0, 0.1) is 20.8 Å². The lowest BCUT2D eigenvalue weighted by atomic mass is 10.1. The minimum absolute atomic E-state index is 0.509. The highest BCUT2D eigenvalue weighted by Gasteiger charge is 2.02. The van der Waals surface area contributed by atoms with Crippen molar-refractivity contribution in [1.82, 2.24) is 9.97 Å². The van der Waals surface area contributed by atoms with Gasteiger partial charge in [0.25, 0.3) is 0 Å². The quantitative estimate of drug-likeness (QED) is 0.520. The Bertz CT molecular complexity index is 508. The molecule has 106 valence electrons. The van der Waals surface area contributed by atoms with E-state index in [-0.39, 0.29) is 0 Å². The SMILES string of the molecule is Cc1cc(C)cc(OCCSc2nc(C)cc(N)n2)c1. The van der Waals surface area contributed by atoms with Gasteiger partial charge >= 0.3 is 0 Å². The Kier molecular flexibility index (Phi) is 4.84. The van der Waals surface area contributed by atoms with Crippen molar-refractivity contribution < 1.29 is 4.74 Å². The molecule has 0 bridgehead atoms. The monoisotopic (exact) mass is 289 g/mol. The largest absolute Gasteiger partial charge is 0.493 e. The number of rotatable bonds is 5. The fourth-order valence-corrected chi connectivity index (χ4v) is 2.67. The van der Waals surface area contributed by atoms with Crippen LogP contribution in [0.3, 0.4) is 0 Å². The zero-order chi connectivity index (χ0) is 14.5. The third-order valence-corrected chi connectivity index (χ3v) is 3.44. The first-order chi connectivity index (χ1) is 9.52. The predicted molar refractivity (Wildman–Crippen MR) is 83.3 cm³/mol. The molecule has 2 rings (SSSR count). The molecule has 0 fully saturated rings. The molecule has 0 aliphatic carbocycles. The topological polar surface area (TPSA) is 61.0 Å². The Morgan fingerprint density at radius 1 is 1.05 bits per heavy atom. The summed E-state index contributed by atoms with van der Waals surface area (Å²) in [6.07, 6.45) is 0. The van der Waals surface area contributed by atoms with E-state index in [1.54, 1.807) is 17.8 Å². The van der Waals surface area contributed by atoms with Crippen molar-refractivity contribution in [2.24, 2.45) is 0 Å². The minimum Gasteiger partial charge on any atom is -0.493 e. The lowest BCUT2D eigenvalue weighted by Gasteiger charge is -2.08. The van der Waals surface area contributed by atoms with Gasteiger partial charge in [0.05, 0.1) is 6.61 Å². The Morgan fingerprint density at radius 2 is 1.75 bits per heavy atom. The molecule has 0 saturated heterocycles. The van der Waals surface area contributed by atoms with Gasteiger partial charge in [-0.05, 0) is 44.0 Å². The van der Waals surface area contributed by atoms with Crippen LogP contribution in [0.5, 0.6) is 5.75 Å². The first-order valence-corrected chi connectivity index (χ1v) is 7.46. The Hall–Kier alpha value is -1.75. The average Bonchev–Trinajstić information content (AvgIpc) is 2.32. The summed E-state index contributed by atoms with van der Waals surface area (Å²) in [6, 6.07) is 7.97. The second-order valence-corrected chi connectivity index (χ2v) is 5.80. The summed E-state index contributed by atoms with van der Waals surface area (Å²) in [6.45, 7) is 6.66. The molecule has 0 atom stereocenters.